The summed E-state index contributed by atoms with van der Waals surface area (Å²) >= 11 is 0. The fourth-order valence-electron chi connectivity index (χ4n) is 5.92. The van der Waals surface area contributed by atoms with Gasteiger partial charge in [-0.2, -0.15) is 4.39 Å². The van der Waals surface area contributed by atoms with E-state index < -0.39 is 11.6 Å². The van der Waals surface area contributed by atoms with Crippen LogP contribution in [0.1, 0.15) is 41.5 Å². The van der Waals surface area contributed by atoms with Gasteiger partial charge in [0.1, 0.15) is 11.9 Å². The first kappa shape index (κ1) is 24.7. The van der Waals surface area contributed by atoms with Gasteiger partial charge >= 0.3 is 0 Å². The van der Waals surface area contributed by atoms with Crippen molar-refractivity contribution < 1.29 is 23.4 Å². The van der Waals surface area contributed by atoms with E-state index in [1.165, 1.54) is 11.6 Å². The Balaban J connectivity index is 1.38. The number of aromatic hydroxyl groups is 1. The Morgan fingerprint density at radius 2 is 1.92 bits per heavy atom. The predicted molar refractivity (Wildman–Crippen MR) is 145 cm³/mol. The van der Waals surface area contributed by atoms with Crippen LogP contribution in [0.25, 0.3) is 11.1 Å². The number of rotatable bonds is 7. The van der Waals surface area contributed by atoms with Gasteiger partial charge in [-0.1, -0.05) is 24.3 Å². The van der Waals surface area contributed by atoms with E-state index in [9.17, 15) is 9.50 Å². The van der Waals surface area contributed by atoms with Gasteiger partial charge in [-0.15, -0.1) is 0 Å². The van der Waals surface area contributed by atoms with E-state index in [0.717, 1.165) is 72.7 Å². The maximum absolute atomic E-state index is 15.1. The predicted octanol–water partition coefficient (Wildman–Crippen LogP) is 6.05. The van der Waals surface area contributed by atoms with Crippen molar-refractivity contribution in [2.75, 3.05) is 44.8 Å². The summed E-state index contributed by atoms with van der Waals surface area (Å²) in [5.74, 6) is -0.294. The van der Waals surface area contributed by atoms with Gasteiger partial charge < -0.3 is 19.9 Å². The number of fused-ring (bicyclic) bond motifs is 2. The SMILES string of the molecule is Oc1ccc2c(c1F)OCCC(c1cccc3c1CCN3)=C2c1ccc(O[C@H]2CCN(CCCF)C2)cc1. The lowest BCUT2D eigenvalue weighted by atomic mass is 9.86. The monoisotopic (exact) mass is 518 g/mol. The molecule has 0 saturated carbocycles. The van der Waals surface area contributed by atoms with Gasteiger partial charge in [0.05, 0.1) is 13.3 Å². The quantitative estimate of drug-likeness (QED) is 0.399. The van der Waals surface area contributed by atoms with E-state index >= 15 is 4.39 Å². The van der Waals surface area contributed by atoms with Crippen molar-refractivity contribution in [2.45, 2.75) is 31.8 Å². The molecule has 6 rings (SSSR count). The lowest BCUT2D eigenvalue weighted by molar-refractivity contribution is 0.198. The number of phenolic OH excluding ortho intramolecular Hbond substituents is 1. The summed E-state index contributed by atoms with van der Waals surface area (Å²) in [5.41, 5.74) is 7.11. The number of benzene rings is 3. The zero-order valence-corrected chi connectivity index (χ0v) is 21.3. The van der Waals surface area contributed by atoms with Gasteiger partial charge in [0.2, 0.25) is 5.82 Å². The van der Waals surface area contributed by atoms with Crippen LogP contribution in [0.2, 0.25) is 0 Å². The summed E-state index contributed by atoms with van der Waals surface area (Å²) in [6, 6.07) is 17.4. The van der Waals surface area contributed by atoms with E-state index in [1.807, 2.05) is 24.3 Å². The summed E-state index contributed by atoms with van der Waals surface area (Å²) in [6.45, 7) is 3.40. The molecule has 1 fully saturated rings. The topological polar surface area (TPSA) is 54.0 Å². The number of likely N-dealkylation sites (tertiary alicyclic amines) is 1. The summed E-state index contributed by atoms with van der Waals surface area (Å²) in [5, 5.41) is 13.5. The molecule has 3 aromatic rings. The molecule has 0 aromatic heterocycles. The zero-order chi connectivity index (χ0) is 26.1. The van der Waals surface area contributed by atoms with Crippen molar-refractivity contribution in [3.8, 4) is 17.2 Å². The lowest BCUT2D eigenvalue weighted by Crippen LogP contribution is -2.26. The third-order valence-electron chi connectivity index (χ3n) is 7.72. The van der Waals surface area contributed by atoms with Crippen molar-refractivity contribution in [3.63, 3.8) is 0 Å². The number of ether oxygens (including phenoxy) is 2. The van der Waals surface area contributed by atoms with Gasteiger partial charge in [-0.05, 0) is 77.4 Å². The molecular weight excluding hydrogens is 486 g/mol. The van der Waals surface area contributed by atoms with Gasteiger partial charge in [0.25, 0.3) is 0 Å². The number of anilines is 1. The molecule has 0 unspecified atom stereocenters. The van der Waals surface area contributed by atoms with Gasteiger partial charge in [-0.25, -0.2) is 0 Å². The Morgan fingerprint density at radius 1 is 1.05 bits per heavy atom. The highest BCUT2D eigenvalue weighted by atomic mass is 19.1. The van der Waals surface area contributed by atoms with Gasteiger partial charge in [0, 0.05) is 43.9 Å². The number of phenols is 1. The van der Waals surface area contributed by atoms with Gasteiger partial charge in [-0.3, -0.25) is 9.29 Å². The number of halogens is 2. The van der Waals surface area contributed by atoms with Gasteiger partial charge in [0.15, 0.2) is 11.5 Å². The molecule has 5 nitrogen and oxygen atoms in total. The molecule has 3 heterocycles. The Morgan fingerprint density at radius 3 is 2.76 bits per heavy atom. The molecule has 0 radical (unpaired) electrons. The minimum Gasteiger partial charge on any atom is -0.505 e. The highest BCUT2D eigenvalue weighted by Gasteiger charge is 2.28. The summed E-state index contributed by atoms with van der Waals surface area (Å²) < 4.78 is 39.7. The van der Waals surface area contributed by atoms with Crippen LogP contribution in [0.3, 0.4) is 0 Å². The molecule has 0 spiro atoms. The average Bonchev–Trinajstić information content (AvgIpc) is 3.55. The Bertz CT molecular complexity index is 1360. The molecule has 1 atom stereocenters. The molecule has 3 aliphatic rings. The number of hydrogen-bond donors (Lipinski definition) is 2. The van der Waals surface area contributed by atoms with E-state index in [0.29, 0.717) is 25.0 Å². The maximum Gasteiger partial charge on any atom is 0.207 e. The van der Waals surface area contributed by atoms with Crippen LogP contribution in [-0.2, 0) is 6.42 Å². The molecule has 0 aliphatic carbocycles. The standard InChI is InChI=1S/C31H32F2N2O3/c32-14-2-16-35-17-12-22(19-35)38-21-7-5-20(6-8-21)29-25(23-3-1-4-27-24(23)11-15-34-27)13-18-37-31-26(29)9-10-28(36)30(31)33/h1,3-10,22,34,36H,2,11-19H2/t22-/m0/s1. The second kappa shape index (κ2) is 10.7. The first-order valence-corrected chi connectivity index (χ1v) is 13.4. The fraction of sp³-hybridized carbons (Fsp3) is 0.355. The molecule has 1 saturated heterocycles. The van der Waals surface area contributed by atoms with Crippen molar-refractivity contribution in [1.82, 2.24) is 4.90 Å². The molecule has 0 bridgehead atoms. The molecule has 2 N–H and O–H groups in total. The molecule has 198 valence electrons. The second-order valence-electron chi connectivity index (χ2n) is 10.1. The minimum atomic E-state index is -0.736. The highest BCUT2D eigenvalue weighted by molar-refractivity contribution is 6.01. The van der Waals surface area contributed by atoms with Crippen LogP contribution in [0.4, 0.5) is 14.5 Å². The fourth-order valence-corrected chi connectivity index (χ4v) is 5.92. The number of nitrogens with one attached hydrogen (secondary N) is 1. The lowest BCUT2D eigenvalue weighted by Gasteiger charge is -2.19. The number of alkyl halides is 1. The Kier molecular flexibility index (Phi) is 6.94. The van der Waals surface area contributed by atoms with E-state index in [1.54, 1.807) is 6.07 Å². The second-order valence-corrected chi connectivity index (χ2v) is 10.1. The van der Waals surface area contributed by atoms with E-state index in [2.05, 4.69) is 28.4 Å². The number of nitrogens with zero attached hydrogens (tertiary/aromatic N) is 1. The molecule has 3 aromatic carbocycles. The Labute approximate surface area is 221 Å². The first-order chi connectivity index (χ1) is 18.6. The normalized spacial score (nSPS) is 18.9. The average molecular weight is 519 g/mol. The van der Waals surface area contributed by atoms with Crippen molar-refractivity contribution in [3.05, 3.63) is 82.7 Å². The molecule has 0 amide bonds. The number of hydrogen-bond acceptors (Lipinski definition) is 5. The van der Waals surface area contributed by atoms with Crippen molar-refractivity contribution in [1.29, 1.82) is 0 Å². The van der Waals surface area contributed by atoms with Crippen LogP contribution in [0.5, 0.6) is 17.2 Å². The zero-order valence-electron chi connectivity index (χ0n) is 21.3. The van der Waals surface area contributed by atoms with E-state index in [-0.39, 0.29) is 18.5 Å². The van der Waals surface area contributed by atoms with Crippen molar-refractivity contribution in [2.24, 2.45) is 0 Å². The van der Waals surface area contributed by atoms with Crippen LogP contribution in [-0.4, -0.2) is 55.6 Å². The Hall–Kier alpha value is -3.58. The molecule has 38 heavy (non-hydrogen) atoms. The highest BCUT2D eigenvalue weighted by Crippen LogP contribution is 2.45. The molecule has 7 heteroatoms. The maximum atomic E-state index is 15.1. The summed E-state index contributed by atoms with van der Waals surface area (Å²) in [6.07, 6.45) is 3.10. The molecule has 3 aliphatic heterocycles. The van der Waals surface area contributed by atoms with Crippen LogP contribution < -0.4 is 14.8 Å². The minimum absolute atomic E-state index is 0.0821. The van der Waals surface area contributed by atoms with E-state index in [4.69, 9.17) is 9.47 Å². The largest absolute Gasteiger partial charge is 0.505 e. The van der Waals surface area contributed by atoms with Crippen LogP contribution in [0.15, 0.2) is 54.6 Å². The third kappa shape index (κ3) is 4.71. The van der Waals surface area contributed by atoms with Crippen LogP contribution in [0, 0.1) is 5.82 Å². The smallest absolute Gasteiger partial charge is 0.207 e. The first-order valence-electron chi connectivity index (χ1n) is 13.4. The molecular formula is C31H32F2N2O3. The van der Waals surface area contributed by atoms with Crippen LogP contribution >= 0.6 is 0 Å². The van der Waals surface area contributed by atoms with Crippen molar-refractivity contribution >= 4 is 16.8 Å². The third-order valence-corrected chi connectivity index (χ3v) is 7.72. The summed E-state index contributed by atoms with van der Waals surface area (Å²) in [7, 11) is 0. The summed E-state index contributed by atoms with van der Waals surface area (Å²) in [4.78, 5) is 2.25.